The second kappa shape index (κ2) is 2.51. The van der Waals surface area contributed by atoms with Crippen LogP contribution in [0.25, 0.3) is 0 Å². The minimum absolute atomic E-state index is 0.820. The largest absolute Gasteiger partial charge is 0.103 e. The lowest BCUT2D eigenvalue weighted by Gasteiger charge is -2.42. The highest BCUT2D eigenvalue weighted by molar-refractivity contribution is 5.29. The van der Waals surface area contributed by atoms with Crippen molar-refractivity contribution in [3.8, 4) is 0 Å². The minimum Gasteiger partial charge on any atom is -0.103 e. The zero-order valence-corrected chi connectivity index (χ0v) is 7.27. The molecule has 2 atom stereocenters. The fraction of sp³-hybridized carbons (Fsp3) is 0.636. The molecule has 0 aromatic carbocycles. The van der Waals surface area contributed by atoms with Crippen LogP contribution < -0.4 is 0 Å². The molecule has 2 aliphatic rings. The van der Waals surface area contributed by atoms with Crippen LogP contribution in [0.15, 0.2) is 23.8 Å². The second-order valence-corrected chi connectivity index (χ2v) is 3.91. The lowest BCUT2D eigenvalue weighted by Crippen LogP contribution is -2.30. The average Bonchev–Trinajstić information content (AvgIpc) is 1.95. The van der Waals surface area contributed by atoms with Crippen LogP contribution in [-0.2, 0) is 0 Å². The summed E-state index contributed by atoms with van der Waals surface area (Å²) in [6, 6.07) is 0. The normalized spacial score (nSPS) is 36.1. The zero-order chi connectivity index (χ0) is 7.84. The van der Waals surface area contributed by atoms with Crippen LogP contribution in [-0.4, -0.2) is 0 Å². The summed E-state index contributed by atoms with van der Waals surface area (Å²) in [5.74, 6) is 1.72. The molecule has 0 N–H and O–H groups in total. The van der Waals surface area contributed by atoms with E-state index >= 15 is 0 Å². The van der Waals surface area contributed by atoms with Crippen LogP contribution in [0.5, 0.6) is 0 Å². The zero-order valence-electron chi connectivity index (χ0n) is 7.27. The van der Waals surface area contributed by atoms with Gasteiger partial charge in [0.1, 0.15) is 0 Å². The first-order valence-corrected chi connectivity index (χ1v) is 4.64. The summed E-state index contributed by atoms with van der Waals surface area (Å²) in [5, 5.41) is 0. The topological polar surface area (TPSA) is 0 Å². The van der Waals surface area contributed by atoms with Gasteiger partial charge in [0.15, 0.2) is 0 Å². The van der Waals surface area contributed by atoms with E-state index < -0.39 is 0 Å². The van der Waals surface area contributed by atoms with E-state index in [9.17, 15) is 0 Å². The van der Waals surface area contributed by atoms with Crippen molar-refractivity contribution in [2.45, 2.75) is 32.6 Å². The highest BCUT2D eigenvalue weighted by Gasteiger charge is 2.36. The van der Waals surface area contributed by atoms with E-state index in [0.29, 0.717) is 0 Å². The van der Waals surface area contributed by atoms with Crippen LogP contribution >= 0.6 is 0 Å². The van der Waals surface area contributed by atoms with E-state index in [4.69, 9.17) is 0 Å². The fourth-order valence-electron chi connectivity index (χ4n) is 2.52. The maximum Gasteiger partial charge on any atom is -0.0133 e. The molecule has 1 saturated carbocycles. The summed E-state index contributed by atoms with van der Waals surface area (Å²) in [6.07, 6.45) is 7.65. The lowest BCUT2D eigenvalue weighted by atomic mass is 9.63. The van der Waals surface area contributed by atoms with Gasteiger partial charge in [-0.25, -0.2) is 0 Å². The van der Waals surface area contributed by atoms with Crippen molar-refractivity contribution >= 4 is 0 Å². The van der Waals surface area contributed by atoms with Gasteiger partial charge in [0.25, 0.3) is 0 Å². The third-order valence-corrected chi connectivity index (χ3v) is 3.34. The van der Waals surface area contributed by atoms with E-state index in [1.807, 2.05) is 0 Å². The van der Waals surface area contributed by atoms with Crippen molar-refractivity contribution in [2.24, 2.45) is 11.8 Å². The predicted molar refractivity (Wildman–Crippen MR) is 48.3 cm³/mol. The highest BCUT2D eigenvalue weighted by Crippen LogP contribution is 2.48. The molecule has 0 saturated heterocycles. The van der Waals surface area contributed by atoms with Crippen molar-refractivity contribution < 1.29 is 0 Å². The number of rotatable bonds is 1. The van der Waals surface area contributed by atoms with Gasteiger partial charge < -0.3 is 0 Å². The van der Waals surface area contributed by atoms with Gasteiger partial charge in [0.05, 0.1) is 0 Å². The Labute approximate surface area is 69.0 Å². The highest BCUT2D eigenvalue weighted by atomic mass is 14.4. The summed E-state index contributed by atoms with van der Waals surface area (Å²) < 4.78 is 0. The quantitative estimate of drug-likeness (QED) is 0.500. The lowest BCUT2D eigenvalue weighted by molar-refractivity contribution is 0.289. The van der Waals surface area contributed by atoms with Crippen molar-refractivity contribution in [3.63, 3.8) is 0 Å². The van der Waals surface area contributed by atoms with E-state index in [0.717, 1.165) is 11.8 Å². The molecular formula is C11H16. The van der Waals surface area contributed by atoms with Crippen molar-refractivity contribution in [1.82, 2.24) is 0 Å². The average molecular weight is 148 g/mol. The van der Waals surface area contributed by atoms with Crippen molar-refractivity contribution in [1.29, 1.82) is 0 Å². The molecule has 11 heavy (non-hydrogen) atoms. The molecule has 0 heterocycles. The summed E-state index contributed by atoms with van der Waals surface area (Å²) in [7, 11) is 0. The Kier molecular flexibility index (Phi) is 1.63. The maximum atomic E-state index is 3.88. The smallest absolute Gasteiger partial charge is 0.0133 e. The molecule has 0 bridgehead atoms. The molecule has 2 rings (SSSR count). The van der Waals surface area contributed by atoms with Gasteiger partial charge in [-0.15, -0.1) is 6.58 Å². The number of fused-ring (bicyclic) bond motifs is 1. The molecule has 0 heteroatoms. The standard InChI is InChI=1S/C11H16/c1-3-9-7-11-8(2)5-4-6-10(9)11/h3,9-10H,1,4-7H2,2H3. The Balaban J connectivity index is 2.17. The van der Waals surface area contributed by atoms with Gasteiger partial charge in [0.2, 0.25) is 0 Å². The monoisotopic (exact) mass is 148 g/mol. The molecule has 1 fully saturated rings. The number of hydrogen-bond donors (Lipinski definition) is 0. The van der Waals surface area contributed by atoms with E-state index in [-0.39, 0.29) is 0 Å². The molecule has 2 unspecified atom stereocenters. The first kappa shape index (κ1) is 7.15. The van der Waals surface area contributed by atoms with Crippen molar-refractivity contribution in [3.05, 3.63) is 23.8 Å². The second-order valence-electron chi connectivity index (χ2n) is 3.91. The molecule has 0 aromatic heterocycles. The molecule has 0 spiro atoms. The molecule has 0 aliphatic heterocycles. The Morgan fingerprint density at radius 3 is 3.09 bits per heavy atom. The number of allylic oxidation sites excluding steroid dienone is 3. The Morgan fingerprint density at radius 2 is 2.36 bits per heavy atom. The molecular weight excluding hydrogens is 132 g/mol. The fourth-order valence-corrected chi connectivity index (χ4v) is 2.52. The van der Waals surface area contributed by atoms with Gasteiger partial charge in [-0.05, 0) is 44.4 Å². The Hall–Kier alpha value is -0.520. The molecule has 0 amide bonds. The molecule has 0 nitrogen and oxygen atoms in total. The third-order valence-electron chi connectivity index (χ3n) is 3.34. The number of hydrogen-bond acceptors (Lipinski definition) is 0. The Morgan fingerprint density at radius 1 is 1.55 bits per heavy atom. The van der Waals surface area contributed by atoms with Crippen LogP contribution in [0.3, 0.4) is 0 Å². The molecule has 60 valence electrons. The van der Waals surface area contributed by atoms with Gasteiger partial charge in [-0.3, -0.25) is 0 Å². The van der Waals surface area contributed by atoms with E-state index in [1.165, 1.54) is 25.7 Å². The maximum absolute atomic E-state index is 3.88. The van der Waals surface area contributed by atoms with E-state index in [2.05, 4.69) is 19.6 Å². The van der Waals surface area contributed by atoms with Gasteiger partial charge in [0, 0.05) is 0 Å². The van der Waals surface area contributed by atoms with E-state index in [1.54, 1.807) is 11.1 Å². The summed E-state index contributed by atoms with van der Waals surface area (Å²) in [6.45, 7) is 6.18. The minimum atomic E-state index is 0.820. The third kappa shape index (κ3) is 0.962. The van der Waals surface area contributed by atoms with Crippen LogP contribution in [0.4, 0.5) is 0 Å². The molecule has 0 aromatic rings. The first-order valence-electron chi connectivity index (χ1n) is 4.64. The summed E-state index contributed by atoms with van der Waals surface area (Å²) >= 11 is 0. The van der Waals surface area contributed by atoms with Crippen LogP contribution in [0.1, 0.15) is 32.6 Å². The molecule has 2 aliphatic carbocycles. The van der Waals surface area contributed by atoms with Crippen LogP contribution in [0.2, 0.25) is 0 Å². The SMILES string of the molecule is C=CC1CC2=C(C)CCCC21. The summed E-state index contributed by atoms with van der Waals surface area (Å²) in [5.41, 5.74) is 3.44. The van der Waals surface area contributed by atoms with Gasteiger partial charge >= 0.3 is 0 Å². The van der Waals surface area contributed by atoms with Gasteiger partial charge in [-0.1, -0.05) is 17.2 Å². The van der Waals surface area contributed by atoms with Crippen molar-refractivity contribution in [2.75, 3.05) is 0 Å². The molecule has 0 radical (unpaired) electrons. The Bertz CT molecular complexity index is 210. The first-order chi connectivity index (χ1) is 5.33. The summed E-state index contributed by atoms with van der Waals surface area (Å²) in [4.78, 5) is 0. The predicted octanol–water partition coefficient (Wildman–Crippen LogP) is 3.31. The van der Waals surface area contributed by atoms with Gasteiger partial charge in [-0.2, -0.15) is 0 Å². The van der Waals surface area contributed by atoms with Crippen LogP contribution in [0, 0.1) is 11.8 Å².